The van der Waals surface area contributed by atoms with Crippen molar-refractivity contribution in [2.75, 3.05) is 26.7 Å². The zero-order valence-corrected chi connectivity index (χ0v) is 14.8. The van der Waals surface area contributed by atoms with Crippen LogP contribution in [-0.4, -0.2) is 42.7 Å². The summed E-state index contributed by atoms with van der Waals surface area (Å²) < 4.78 is 11.2. The minimum atomic E-state index is 0.363. The Morgan fingerprint density at radius 1 is 1.16 bits per heavy atom. The molecule has 25 heavy (non-hydrogen) atoms. The van der Waals surface area contributed by atoms with Crippen LogP contribution in [0.15, 0.2) is 54.9 Å². The Bertz CT molecular complexity index is 647. The summed E-state index contributed by atoms with van der Waals surface area (Å²) in [5.41, 5.74) is 2.35. The van der Waals surface area contributed by atoms with Gasteiger partial charge in [0.1, 0.15) is 5.75 Å². The van der Waals surface area contributed by atoms with Crippen molar-refractivity contribution >= 4 is 6.08 Å². The van der Waals surface area contributed by atoms with Crippen LogP contribution in [-0.2, 0) is 11.3 Å². The highest BCUT2D eigenvalue weighted by molar-refractivity contribution is 5.50. The lowest BCUT2D eigenvalue weighted by Crippen LogP contribution is -2.37. The molecule has 4 nitrogen and oxygen atoms in total. The van der Waals surface area contributed by atoms with Crippen LogP contribution in [0.2, 0.25) is 0 Å². The topological polar surface area (TPSA) is 34.6 Å². The Morgan fingerprint density at radius 2 is 1.96 bits per heavy atom. The number of ether oxygens (including phenoxy) is 2. The molecule has 3 rings (SSSR count). The number of hydrogen-bond donors (Lipinski definition) is 0. The molecule has 0 atom stereocenters. The molecule has 1 saturated heterocycles. The lowest BCUT2D eigenvalue weighted by atomic mass is 10.1. The van der Waals surface area contributed by atoms with E-state index in [0.717, 1.165) is 43.8 Å². The SMILES string of the molecule is COc1ccc(C=CCN2CCC(OCc3cccnc3)CC2)cc1. The maximum absolute atomic E-state index is 6.02. The molecule has 4 heteroatoms. The molecule has 0 spiro atoms. The second kappa shape index (κ2) is 9.35. The standard InChI is InChI=1S/C21H26N2O2/c1-24-20-8-6-18(7-9-20)5-3-13-23-14-10-21(11-15-23)25-17-19-4-2-12-22-16-19/h2-9,12,16,21H,10-11,13-15,17H2,1H3. The normalized spacial score (nSPS) is 16.4. The molecule has 1 aliphatic heterocycles. The minimum absolute atomic E-state index is 0.363. The van der Waals surface area contributed by atoms with Gasteiger partial charge in [-0.1, -0.05) is 30.4 Å². The number of nitrogens with zero attached hydrogens (tertiary/aromatic N) is 2. The zero-order chi connectivity index (χ0) is 17.3. The van der Waals surface area contributed by atoms with Crippen molar-refractivity contribution in [3.05, 3.63) is 66.0 Å². The van der Waals surface area contributed by atoms with Crippen molar-refractivity contribution in [2.24, 2.45) is 0 Å². The van der Waals surface area contributed by atoms with Gasteiger partial charge in [0.25, 0.3) is 0 Å². The number of likely N-dealkylation sites (tertiary alicyclic amines) is 1. The fourth-order valence-corrected chi connectivity index (χ4v) is 3.01. The molecule has 0 bridgehead atoms. The number of methoxy groups -OCH3 is 1. The highest BCUT2D eigenvalue weighted by Gasteiger charge is 2.18. The summed E-state index contributed by atoms with van der Waals surface area (Å²) in [7, 11) is 1.69. The van der Waals surface area contributed by atoms with Crippen LogP contribution in [0.3, 0.4) is 0 Å². The van der Waals surface area contributed by atoms with Gasteiger partial charge in [-0.2, -0.15) is 0 Å². The molecule has 1 aliphatic rings. The van der Waals surface area contributed by atoms with E-state index in [4.69, 9.17) is 9.47 Å². The van der Waals surface area contributed by atoms with Gasteiger partial charge in [-0.15, -0.1) is 0 Å². The zero-order valence-electron chi connectivity index (χ0n) is 14.8. The van der Waals surface area contributed by atoms with Crippen LogP contribution in [0.25, 0.3) is 6.08 Å². The number of aromatic nitrogens is 1. The predicted molar refractivity (Wildman–Crippen MR) is 101 cm³/mol. The molecular weight excluding hydrogens is 312 g/mol. The van der Waals surface area contributed by atoms with E-state index in [0.29, 0.717) is 12.7 Å². The van der Waals surface area contributed by atoms with Crippen LogP contribution in [0.5, 0.6) is 5.75 Å². The second-order valence-corrected chi connectivity index (χ2v) is 6.35. The lowest BCUT2D eigenvalue weighted by Gasteiger charge is -2.31. The summed E-state index contributed by atoms with van der Waals surface area (Å²) in [5, 5.41) is 0. The van der Waals surface area contributed by atoms with E-state index in [2.05, 4.69) is 40.2 Å². The molecule has 2 aromatic rings. The molecule has 0 N–H and O–H groups in total. The van der Waals surface area contributed by atoms with Crippen molar-refractivity contribution in [1.29, 1.82) is 0 Å². The molecule has 1 aromatic carbocycles. The second-order valence-electron chi connectivity index (χ2n) is 6.35. The largest absolute Gasteiger partial charge is 0.497 e. The number of rotatable bonds is 7. The maximum Gasteiger partial charge on any atom is 0.118 e. The van der Waals surface area contributed by atoms with E-state index in [1.54, 1.807) is 13.3 Å². The van der Waals surface area contributed by atoms with E-state index in [1.807, 2.05) is 24.4 Å². The summed E-state index contributed by atoms with van der Waals surface area (Å²) in [6.45, 7) is 3.83. The van der Waals surface area contributed by atoms with Gasteiger partial charge in [-0.3, -0.25) is 9.88 Å². The summed E-state index contributed by atoms with van der Waals surface area (Å²) in [4.78, 5) is 6.60. The summed E-state index contributed by atoms with van der Waals surface area (Å²) in [5.74, 6) is 0.894. The fourth-order valence-electron chi connectivity index (χ4n) is 3.01. The van der Waals surface area contributed by atoms with E-state index >= 15 is 0 Å². The molecule has 0 saturated carbocycles. The van der Waals surface area contributed by atoms with Gasteiger partial charge in [-0.25, -0.2) is 0 Å². The molecular formula is C21H26N2O2. The number of piperidine rings is 1. The number of pyridine rings is 1. The fraction of sp³-hybridized carbons (Fsp3) is 0.381. The molecule has 0 amide bonds. The van der Waals surface area contributed by atoms with Crippen molar-refractivity contribution < 1.29 is 9.47 Å². The number of benzene rings is 1. The lowest BCUT2D eigenvalue weighted by molar-refractivity contribution is -0.000436. The van der Waals surface area contributed by atoms with Gasteiger partial charge in [0, 0.05) is 32.0 Å². The van der Waals surface area contributed by atoms with Gasteiger partial charge in [0.15, 0.2) is 0 Å². The van der Waals surface area contributed by atoms with E-state index < -0.39 is 0 Å². The highest BCUT2D eigenvalue weighted by Crippen LogP contribution is 2.16. The Kier molecular flexibility index (Phi) is 6.60. The number of hydrogen-bond acceptors (Lipinski definition) is 4. The molecule has 0 unspecified atom stereocenters. The first-order valence-electron chi connectivity index (χ1n) is 8.87. The van der Waals surface area contributed by atoms with Crippen molar-refractivity contribution in [3.8, 4) is 5.75 Å². The average Bonchev–Trinajstić information content (AvgIpc) is 2.69. The first-order valence-corrected chi connectivity index (χ1v) is 8.87. The van der Waals surface area contributed by atoms with Gasteiger partial charge in [0.2, 0.25) is 0 Å². The van der Waals surface area contributed by atoms with Crippen molar-refractivity contribution in [3.63, 3.8) is 0 Å². The first kappa shape index (κ1) is 17.6. The molecule has 2 heterocycles. The first-order chi connectivity index (χ1) is 12.3. The smallest absolute Gasteiger partial charge is 0.118 e. The van der Waals surface area contributed by atoms with Crippen molar-refractivity contribution in [2.45, 2.75) is 25.6 Å². The van der Waals surface area contributed by atoms with Crippen LogP contribution < -0.4 is 4.74 Å². The predicted octanol–water partition coefficient (Wildman–Crippen LogP) is 3.78. The summed E-state index contributed by atoms with van der Waals surface area (Å²) in [6.07, 6.45) is 10.6. The highest BCUT2D eigenvalue weighted by atomic mass is 16.5. The van der Waals surface area contributed by atoms with Crippen LogP contribution in [0, 0.1) is 0 Å². The summed E-state index contributed by atoms with van der Waals surface area (Å²) >= 11 is 0. The van der Waals surface area contributed by atoms with Gasteiger partial charge < -0.3 is 9.47 Å². The Balaban J connectivity index is 1.36. The Morgan fingerprint density at radius 3 is 2.64 bits per heavy atom. The van der Waals surface area contributed by atoms with Gasteiger partial charge in [0.05, 0.1) is 19.8 Å². The van der Waals surface area contributed by atoms with Crippen molar-refractivity contribution in [1.82, 2.24) is 9.88 Å². The van der Waals surface area contributed by atoms with E-state index in [-0.39, 0.29) is 0 Å². The van der Waals surface area contributed by atoms with E-state index in [9.17, 15) is 0 Å². The monoisotopic (exact) mass is 338 g/mol. The summed E-state index contributed by atoms with van der Waals surface area (Å²) in [6, 6.07) is 12.2. The van der Waals surface area contributed by atoms with Gasteiger partial charge in [-0.05, 0) is 42.2 Å². The van der Waals surface area contributed by atoms with Gasteiger partial charge >= 0.3 is 0 Å². The molecule has 1 aromatic heterocycles. The molecule has 0 aliphatic carbocycles. The third-order valence-corrected chi connectivity index (χ3v) is 4.53. The van der Waals surface area contributed by atoms with Crippen LogP contribution >= 0.6 is 0 Å². The third kappa shape index (κ3) is 5.69. The molecule has 0 radical (unpaired) electrons. The quantitative estimate of drug-likeness (QED) is 0.769. The van der Waals surface area contributed by atoms with Crippen LogP contribution in [0.1, 0.15) is 24.0 Å². The maximum atomic E-state index is 6.02. The van der Waals surface area contributed by atoms with Crippen LogP contribution in [0.4, 0.5) is 0 Å². The third-order valence-electron chi connectivity index (χ3n) is 4.53. The van der Waals surface area contributed by atoms with E-state index in [1.165, 1.54) is 5.56 Å². The minimum Gasteiger partial charge on any atom is -0.497 e. The molecule has 132 valence electrons. The molecule has 1 fully saturated rings. The Labute approximate surface area is 150 Å². The average molecular weight is 338 g/mol. The Hall–Kier alpha value is -2.17.